The lowest BCUT2D eigenvalue weighted by atomic mass is 10.1. The van der Waals surface area contributed by atoms with Gasteiger partial charge in [0.1, 0.15) is 6.54 Å². The third kappa shape index (κ3) is 2.96. The molecule has 3 amide bonds. The Morgan fingerprint density at radius 1 is 1.08 bits per heavy atom. The number of likely N-dealkylation sites (N-methyl/N-ethyl adjacent to an activating group) is 1. The van der Waals surface area contributed by atoms with Crippen molar-refractivity contribution in [3.63, 3.8) is 0 Å². The van der Waals surface area contributed by atoms with Crippen LogP contribution in [0.25, 0.3) is 0 Å². The number of carbonyl (C=O) groups is 3. The van der Waals surface area contributed by atoms with Gasteiger partial charge in [0.15, 0.2) is 0 Å². The van der Waals surface area contributed by atoms with E-state index in [1.54, 1.807) is 24.3 Å². The summed E-state index contributed by atoms with van der Waals surface area (Å²) in [4.78, 5) is 39.5. The van der Waals surface area contributed by atoms with Crippen LogP contribution in [0.3, 0.4) is 0 Å². The molecule has 0 spiro atoms. The molecule has 1 aliphatic rings. The van der Waals surface area contributed by atoms with Crippen LogP contribution in [0.4, 0.5) is 5.69 Å². The molecule has 1 N–H and O–H groups in total. The van der Waals surface area contributed by atoms with Crippen LogP contribution < -0.4 is 4.90 Å². The van der Waals surface area contributed by atoms with Crippen LogP contribution in [-0.4, -0.2) is 41.3 Å². The second-order valence-electron chi connectivity index (χ2n) is 5.71. The summed E-state index contributed by atoms with van der Waals surface area (Å²) in [7, 11) is 1.47. The van der Waals surface area contributed by atoms with E-state index in [-0.39, 0.29) is 27.8 Å². The standard InChI is InChI=1S/C18H14Cl2N2O4/c1-21(14-7-6-13(19)12(9-23)16(14)20)15(24)8-22-17(25)10-4-2-3-5-11(10)18(22)26/h2-7,23H,8-9H2,1H3. The highest BCUT2D eigenvalue weighted by molar-refractivity contribution is 6.38. The second-order valence-corrected chi connectivity index (χ2v) is 6.50. The van der Waals surface area contributed by atoms with Crippen molar-refractivity contribution in [2.75, 3.05) is 18.5 Å². The highest BCUT2D eigenvalue weighted by Gasteiger charge is 2.37. The fraction of sp³-hybridized carbons (Fsp3) is 0.167. The molecule has 134 valence electrons. The fourth-order valence-electron chi connectivity index (χ4n) is 2.75. The van der Waals surface area contributed by atoms with Gasteiger partial charge in [-0.15, -0.1) is 0 Å². The van der Waals surface area contributed by atoms with Crippen LogP contribution in [0.15, 0.2) is 36.4 Å². The van der Waals surface area contributed by atoms with Crippen molar-refractivity contribution in [2.45, 2.75) is 6.61 Å². The predicted octanol–water partition coefficient (Wildman–Crippen LogP) is 2.74. The average molecular weight is 393 g/mol. The molecule has 6 nitrogen and oxygen atoms in total. The van der Waals surface area contributed by atoms with Gasteiger partial charge < -0.3 is 10.0 Å². The summed E-state index contributed by atoms with van der Waals surface area (Å²) in [6, 6.07) is 9.46. The maximum absolute atomic E-state index is 12.6. The molecule has 0 aliphatic carbocycles. The molecule has 0 saturated heterocycles. The first-order chi connectivity index (χ1) is 12.4. The second kappa shape index (κ2) is 7.07. The number of halogens is 2. The monoisotopic (exact) mass is 392 g/mol. The van der Waals surface area contributed by atoms with Crippen molar-refractivity contribution < 1.29 is 19.5 Å². The quantitative estimate of drug-likeness (QED) is 0.811. The minimum absolute atomic E-state index is 0.137. The Hall–Kier alpha value is -2.41. The number of hydrogen-bond acceptors (Lipinski definition) is 4. The van der Waals surface area contributed by atoms with Crippen molar-refractivity contribution in [3.05, 3.63) is 63.1 Å². The van der Waals surface area contributed by atoms with Crippen molar-refractivity contribution in [1.29, 1.82) is 0 Å². The Balaban J connectivity index is 1.84. The molecule has 2 aromatic rings. The van der Waals surface area contributed by atoms with E-state index in [0.29, 0.717) is 11.3 Å². The number of aliphatic hydroxyl groups excluding tert-OH is 1. The number of amides is 3. The molecular formula is C18H14Cl2N2O4. The zero-order chi connectivity index (χ0) is 19.0. The van der Waals surface area contributed by atoms with Gasteiger partial charge in [-0.2, -0.15) is 0 Å². The number of carbonyl (C=O) groups excluding carboxylic acids is 3. The molecule has 1 aliphatic heterocycles. The lowest BCUT2D eigenvalue weighted by Crippen LogP contribution is -2.41. The molecule has 1 heterocycles. The Labute approximate surface area is 159 Å². The maximum Gasteiger partial charge on any atom is 0.262 e. The Morgan fingerprint density at radius 2 is 1.65 bits per heavy atom. The number of rotatable bonds is 4. The first kappa shape index (κ1) is 18.4. The van der Waals surface area contributed by atoms with Crippen LogP contribution in [0, 0.1) is 0 Å². The minimum atomic E-state index is -0.509. The highest BCUT2D eigenvalue weighted by atomic mass is 35.5. The summed E-state index contributed by atoms with van der Waals surface area (Å²) in [5.74, 6) is -1.52. The van der Waals surface area contributed by atoms with Crippen molar-refractivity contribution in [2.24, 2.45) is 0 Å². The number of imide groups is 1. The third-order valence-electron chi connectivity index (χ3n) is 4.23. The first-order valence-corrected chi connectivity index (χ1v) is 8.42. The molecule has 26 heavy (non-hydrogen) atoms. The van der Waals surface area contributed by atoms with Crippen LogP contribution >= 0.6 is 23.2 Å². The summed E-state index contributed by atoms with van der Waals surface area (Å²) >= 11 is 12.2. The van der Waals surface area contributed by atoms with E-state index in [9.17, 15) is 19.5 Å². The number of aliphatic hydroxyl groups is 1. The van der Waals surface area contributed by atoms with Gasteiger partial charge in [-0.05, 0) is 24.3 Å². The topological polar surface area (TPSA) is 77.9 Å². The normalized spacial score (nSPS) is 13.2. The lowest BCUT2D eigenvalue weighted by molar-refractivity contribution is -0.118. The largest absolute Gasteiger partial charge is 0.392 e. The van der Waals surface area contributed by atoms with Gasteiger partial charge in [0.05, 0.1) is 28.4 Å². The van der Waals surface area contributed by atoms with Gasteiger partial charge in [-0.25, -0.2) is 0 Å². The lowest BCUT2D eigenvalue weighted by Gasteiger charge is -2.23. The highest BCUT2D eigenvalue weighted by Crippen LogP contribution is 2.34. The molecule has 0 bridgehead atoms. The predicted molar refractivity (Wildman–Crippen MR) is 97.6 cm³/mol. The number of anilines is 1. The van der Waals surface area contributed by atoms with Gasteiger partial charge in [0, 0.05) is 17.6 Å². The SMILES string of the molecule is CN(C(=O)CN1C(=O)c2ccccc2C1=O)c1ccc(Cl)c(CO)c1Cl. The van der Waals surface area contributed by atoms with Gasteiger partial charge in [-0.3, -0.25) is 19.3 Å². The maximum atomic E-state index is 12.6. The molecule has 3 rings (SSSR count). The zero-order valence-corrected chi connectivity index (χ0v) is 15.2. The van der Waals surface area contributed by atoms with Gasteiger partial charge in [0.25, 0.3) is 11.8 Å². The van der Waals surface area contributed by atoms with E-state index >= 15 is 0 Å². The zero-order valence-electron chi connectivity index (χ0n) is 13.7. The van der Waals surface area contributed by atoms with Crippen LogP contribution in [0.5, 0.6) is 0 Å². The molecule has 8 heteroatoms. The average Bonchev–Trinajstić information content (AvgIpc) is 2.87. The van der Waals surface area contributed by atoms with Gasteiger partial charge in [-0.1, -0.05) is 35.3 Å². The molecule has 0 atom stereocenters. The van der Waals surface area contributed by atoms with Crippen LogP contribution in [0.1, 0.15) is 26.3 Å². The smallest absolute Gasteiger partial charge is 0.262 e. The number of hydrogen-bond donors (Lipinski definition) is 1. The number of benzene rings is 2. The van der Waals surface area contributed by atoms with E-state index in [1.165, 1.54) is 24.1 Å². The minimum Gasteiger partial charge on any atom is -0.392 e. The Morgan fingerprint density at radius 3 is 2.19 bits per heavy atom. The summed E-state index contributed by atoms with van der Waals surface area (Å²) in [5, 5.41) is 9.79. The van der Waals surface area contributed by atoms with E-state index < -0.39 is 24.3 Å². The molecule has 0 fully saturated rings. The molecule has 0 unspecified atom stereocenters. The third-order valence-corrected chi connectivity index (χ3v) is 5.01. The van der Waals surface area contributed by atoms with E-state index in [1.807, 2.05) is 0 Å². The van der Waals surface area contributed by atoms with Gasteiger partial charge >= 0.3 is 0 Å². The number of nitrogens with zero attached hydrogens (tertiary/aromatic N) is 2. The van der Waals surface area contributed by atoms with Gasteiger partial charge in [0.2, 0.25) is 5.91 Å². The molecule has 0 aromatic heterocycles. The fourth-order valence-corrected chi connectivity index (χ4v) is 3.36. The van der Waals surface area contributed by atoms with E-state index in [0.717, 1.165) is 4.90 Å². The Kier molecular flexibility index (Phi) is 5.00. The molecular weight excluding hydrogens is 379 g/mol. The Bertz CT molecular complexity index is 894. The van der Waals surface area contributed by atoms with Crippen LogP contribution in [0.2, 0.25) is 10.0 Å². The van der Waals surface area contributed by atoms with E-state index in [2.05, 4.69) is 0 Å². The van der Waals surface area contributed by atoms with Crippen LogP contribution in [-0.2, 0) is 11.4 Å². The first-order valence-electron chi connectivity index (χ1n) is 7.66. The van der Waals surface area contributed by atoms with Crippen molar-refractivity contribution in [1.82, 2.24) is 4.90 Å². The number of fused-ring (bicyclic) bond motifs is 1. The summed E-state index contributed by atoms with van der Waals surface area (Å²) in [6.45, 7) is -0.803. The van der Waals surface area contributed by atoms with E-state index in [4.69, 9.17) is 23.2 Å². The molecule has 0 radical (unpaired) electrons. The van der Waals surface area contributed by atoms with Crippen molar-refractivity contribution in [3.8, 4) is 0 Å². The summed E-state index contributed by atoms with van der Waals surface area (Å²) < 4.78 is 0. The van der Waals surface area contributed by atoms with Crippen molar-refractivity contribution >= 4 is 46.6 Å². The molecule has 2 aromatic carbocycles. The molecule has 0 saturated carbocycles. The summed E-state index contributed by atoms with van der Waals surface area (Å²) in [5.41, 5.74) is 1.17. The summed E-state index contributed by atoms with van der Waals surface area (Å²) in [6.07, 6.45) is 0.